The molecule has 0 fully saturated rings. The van der Waals surface area contributed by atoms with Crippen LogP contribution in [0.4, 0.5) is 5.69 Å². The van der Waals surface area contributed by atoms with E-state index in [2.05, 4.69) is 5.32 Å². The Morgan fingerprint density at radius 1 is 1.00 bits per heavy atom. The number of anilines is 1. The lowest BCUT2D eigenvalue weighted by Crippen LogP contribution is -2.16. The lowest BCUT2D eigenvalue weighted by molar-refractivity contribution is -0.111. The summed E-state index contributed by atoms with van der Waals surface area (Å²) in [5.41, 5.74) is 8.52. The molecule has 6 nitrogen and oxygen atoms in total. The minimum absolute atomic E-state index is 0.260. The topological polar surface area (TPSA) is 90.0 Å². The zero-order valence-corrected chi connectivity index (χ0v) is 16.7. The molecule has 30 heavy (non-hydrogen) atoms. The Hall–Kier alpha value is -3.97. The van der Waals surface area contributed by atoms with E-state index in [0.29, 0.717) is 5.69 Å². The third-order valence-electron chi connectivity index (χ3n) is 4.38. The quantitative estimate of drug-likeness (QED) is 0.460. The number of nitrogens with two attached hydrogens (primary N) is 1. The van der Waals surface area contributed by atoms with Crippen LogP contribution in [0.1, 0.15) is 15.9 Å². The summed E-state index contributed by atoms with van der Waals surface area (Å²) in [4.78, 5) is 25.0. The van der Waals surface area contributed by atoms with Gasteiger partial charge in [0.15, 0.2) is 0 Å². The van der Waals surface area contributed by atoms with E-state index >= 15 is 0 Å². The molecule has 0 spiro atoms. The minimum Gasteiger partial charge on any atom is -0.366 e. The average molecular weight is 414 g/mol. The van der Waals surface area contributed by atoms with Gasteiger partial charge in [-0.3, -0.25) is 9.59 Å². The van der Waals surface area contributed by atoms with E-state index in [4.69, 9.17) is 10.8 Å². The molecule has 4 rings (SSSR count). The van der Waals surface area contributed by atoms with Crippen molar-refractivity contribution in [1.82, 2.24) is 9.78 Å². The molecule has 2 aromatic heterocycles. The normalized spacial score (nSPS) is 10.9. The third-order valence-corrected chi connectivity index (χ3v) is 5.26. The maximum atomic E-state index is 12.5. The Morgan fingerprint density at radius 3 is 2.50 bits per heavy atom. The second-order valence-corrected chi connectivity index (χ2v) is 7.37. The summed E-state index contributed by atoms with van der Waals surface area (Å²) in [5.74, 6) is -0.965. The van der Waals surface area contributed by atoms with E-state index in [0.717, 1.165) is 21.8 Å². The lowest BCUT2D eigenvalue weighted by atomic mass is 10.1. The summed E-state index contributed by atoms with van der Waals surface area (Å²) in [6.45, 7) is 0. The van der Waals surface area contributed by atoms with Crippen molar-refractivity contribution in [1.29, 1.82) is 0 Å². The Labute approximate surface area is 177 Å². The molecule has 2 heterocycles. The average Bonchev–Trinajstić information content (AvgIpc) is 3.43. The highest BCUT2D eigenvalue weighted by Crippen LogP contribution is 2.28. The number of nitrogens with one attached hydrogen (secondary N) is 1. The molecule has 4 aromatic rings. The number of carbonyl (C=O) groups is 2. The zero-order valence-electron chi connectivity index (χ0n) is 15.9. The Kier molecular flexibility index (Phi) is 5.54. The van der Waals surface area contributed by atoms with Crippen LogP contribution in [0.5, 0.6) is 0 Å². The zero-order chi connectivity index (χ0) is 20.9. The van der Waals surface area contributed by atoms with Crippen LogP contribution in [-0.4, -0.2) is 21.6 Å². The fourth-order valence-electron chi connectivity index (χ4n) is 2.97. The fourth-order valence-corrected chi connectivity index (χ4v) is 3.71. The molecule has 2 aromatic carbocycles. The molecule has 148 valence electrons. The molecule has 7 heteroatoms. The molecule has 0 radical (unpaired) electrons. The van der Waals surface area contributed by atoms with Crippen LogP contribution in [0.3, 0.4) is 0 Å². The fraction of sp³-hybridized carbons (Fsp3) is 0. The number of amides is 2. The van der Waals surface area contributed by atoms with Crippen molar-refractivity contribution in [3.8, 4) is 16.3 Å². The monoisotopic (exact) mass is 414 g/mol. The number of nitrogens with zero attached hydrogens (tertiary/aromatic N) is 2. The number of primary amides is 1. The Balaban J connectivity index is 1.62. The number of carbonyl (C=O) groups excluding carboxylic acids is 2. The lowest BCUT2D eigenvalue weighted by Gasteiger charge is -2.06. The first kappa shape index (κ1) is 19.4. The summed E-state index contributed by atoms with van der Waals surface area (Å²) in [5, 5.41) is 9.39. The number of para-hydroxylation sites is 2. The number of hydrogen-bond donors (Lipinski definition) is 2. The van der Waals surface area contributed by atoms with E-state index in [9.17, 15) is 9.59 Å². The molecule has 0 aliphatic rings. The van der Waals surface area contributed by atoms with E-state index in [1.54, 1.807) is 46.4 Å². The molecule has 0 aliphatic heterocycles. The molecule has 0 saturated heterocycles. The summed E-state index contributed by atoms with van der Waals surface area (Å²) in [6.07, 6.45) is 5.01. The van der Waals surface area contributed by atoms with Crippen LogP contribution in [0.25, 0.3) is 22.3 Å². The SMILES string of the molecule is NC(=O)c1ccccc1NC(=O)/C=C/c1cn(-c2ccccc2)nc1-c1cccs1. The van der Waals surface area contributed by atoms with E-state index in [1.165, 1.54) is 6.08 Å². The minimum atomic E-state index is -0.598. The molecule has 0 bridgehead atoms. The van der Waals surface area contributed by atoms with E-state index in [1.807, 2.05) is 54.0 Å². The molecule has 0 atom stereocenters. The third kappa shape index (κ3) is 4.21. The van der Waals surface area contributed by atoms with Gasteiger partial charge in [-0.1, -0.05) is 36.4 Å². The van der Waals surface area contributed by atoms with E-state index < -0.39 is 5.91 Å². The standard InChI is InChI=1S/C23H18N4O2S/c24-23(29)18-9-4-5-10-19(18)25-21(28)13-12-16-15-27(17-7-2-1-3-8-17)26-22(16)20-11-6-14-30-20/h1-15H,(H2,24,29)(H,25,28)/b13-12+. The number of aromatic nitrogens is 2. The van der Waals surface area contributed by atoms with Gasteiger partial charge in [0.1, 0.15) is 5.69 Å². The number of rotatable bonds is 6. The second kappa shape index (κ2) is 8.59. The summed E-state index contributed by atoms with van der Waals surface area (Å²) >= 11 is 1.58. The van der Waals surface area contributed by atoms with Gasteiger partial charge in [-0.2, -0.15) is 5.10 Å². The van der Waals surface area contributed by atoms with Gasteiger partial charge in [-0.05, 0) is 41.8 Å². The molecular formula is C23H18N4O2S. The summed E-state index contributed by atoms with van der Waals surface area (Å²) in [7, 11) is 0. The number of thiophene rings is 1. The second-order valence-electron chi connectivity index (χ2n) is 6.42. The maximum absolute atomic E-state index is 12.5. The van der Waals surface area contributed by atoms with Crippen molar-refractivity contribution in [3.05, 3.63) is 95.5 Å². The molecule has 0 aliphatic carbocycles. The summed E-state index contributed by atoms with van der Waals surface area (Å²) < 4.78 is 1.79. The van der Waals surface area contributed by atoms with Gasteiger partial charge >= 0.3 is 0 Å². The predicted molar refractivity (Wildman–Crippen MR) is 120 cm³/mol. The number of benzene rings is 2. The van der Waals surface area contributed by atoms with Gasteiger partial charge in [-0.25, -0.2) is 4.68 Å². The van der Waals surface area contributed by atoms with E-state index in [-0.39, 0.29) is 11.5 Å². The summed E-state index contributed by atoms with van der Waals surface area (Å²) in [6, 6.07) is 20.3. The van der Waals surface area contributed by atoms with Crippen molar-refractivity contribution >= 4 is 34.9 Å². The van der Waals surface area contributed by atoms with Crippen LogP contribution >= 0.6 is 11.3 Å². The Bertz CT molecular complexity index is 1210. The van der Waals surface area contributed by atoms with Gasteiger partial charge in [-0.15, -0.1) is 11.3 Å². The van der Waals surface area contributed by atoms with Crippen LogP contribution in [0.15, 0.2) is 84.4 Å². The predicted octanol–water partition coefficient (Wildman–Crippen LogP) is 4.35. The first-order valence-corrected chi connectivity index (χ1v) is 10.1. The largest absolute Gasteiger partial charge is 0.366 e. The molecule has 0 unspecified atom stereocenters. The van der Waals surface area contributed by atoms with Crippen LogP contribution in [-0.2, 0) is 4.79 Å². The maximum Gasteiger partial charge on any atom is 0.250 e. The van der Waals surface area contributed by atoms with Gasteiger partial charge in [0, 0.05) is 17.8 Å². The highest BCUT2D eigenvalue weighted by molar-refractivity contribution is 7.13. The van der Waals surface area contributed by atoms with Crippen molar-refractivity contribution in [2.45, 2.75) is 0 Å². The smallest absolute Gasteiger partial charge is 0.250 e. The van der Waals surface area contributed by atoms with Gasteiger partial charge in [0.2, 0.25) is 5.91 Å². The van der Waals surface area contributed by atoms with Crippen molar-refractivity contribution in [2.24, 2.45) is 5.73 Å². The first-order valence-electron chi connectivity index (χ1n) is 9.18. The van der Waals surface area contributed by atoms with Gasteiger partial charge in [0.25, 0.3) is 5.91 Å². The molecule has 2 amide bonds. The molecular weight excluding hydrogens is 396 g/mol. The van der Waals surface area contributed by atoms with Crippen LogP contribution in [0.2, 0.25) is 0 Å². The van der Waals surface area contributed by atoms with Crippen molar-refractivity contribution in [3.63, 3.8) is 0 Å². The van der Waals surface area contributed by atoms with Crippen molar-refractivity contribution in [2.75, 3.05) is 5.32 Å². The molecule has 0 saturated carbocycles. The highest BCUT2D eigenvalue weighted by Gasteiger charge is 2.12. The Morgan fingerprint density at radius 2 is 1.77 bits per heavy atom. The number of hydrogen-bond acceptors (Lipinski definition) is 4. The first-order chi connectivity index (χ1) is 14.6. The van der Waals surface area contributed by atoms with Crippen LogP contribution in [0, 0.1) is 0 Å². The van der Waals surface area contributed by atoms with Crippen LogP contribution < -0.4 is 11.1 Å². The van der Waals surface area contributed by atoms with Crippen molar-refractivity contribution < 1.29 is 9.59 Å². The van der Waals surface area contributed by atoms with Gasteiger partial charge in [0.05, 0.1) is 21.8 Å². The highest BCUT2D eigenvalue weighted by atomic mass is 32.1. The molecule has 3 N–H and O–H groups in total. The van der Waals surface area contributed by atoms with Gasteiger partial charge < -0.3 is 11.1 Å².